The van der Waals surface area contributed by atoms with Gasteiger partial charge in [0.25, 0.3) is 0 Å². The number of amidine groups is 1. The summed E-state index contributed by atoms with van der Waals surface area (Å²) >= 11 is 0. The first kappa shape index (κ1) is 18.0. The van der Waals surface area contributed by atoms with Crippen molar-refractivity contribution >= 4 is 5.84 Å². The minimum absolute atomic E-state index is 0.300. The van der Waals surface area contributed by atoms with Gasteiger partial charge in [-0.2, -0.15) is 0 Å². The summed E-state index contributed by atoms with van der Waals surface area (Å²) in [5.41, 5.74) is 10.6. The highest BCUT2D eigenvalue weighted by molar-refractivity contribution is 5.99. The van der Waals surface area contributed by atoms with Crippen LogP contribution in [0, 0.1) is 18.8 Å². The van der Waals surface area contributed by atoms with Crippen LogP contribution in [0.1, 0.15) is 38.8 Å². The molecular weight excluding hydrogens is 268 g/mol. The smallest absolute Gasteiger partial charge is 0.131 e. The van der Waals surface area contributed by atoms with Crippen LogP contribution in [-0.4, -0.2) is 5.84 Å². The van der Waals surface area contributed by atoms with Crippen molar-refractivity contribution in [2.24, 2.45) is 22.6 Å². The standard InChI is InChI=1S/C20H28N2/c1-7-8-12-17(14(2)3)19(15(4)5)22-20(21)18-13-10-9-11-16(18)6/h7-15H,1H2,2-6H3,(H2,21,22)/b12-8-,19-17?. The lowest BCUT2D eigenvalue weighted by Crippen LogP contribution is -2.16. The van der Waals surface area contributed by atoms with E-state index in [1.54, 1.807) is 6.08 Å². The highest BCUT2D eigenvalue weighted by atomic mass is 14.9. The van der Waals surface area contributed by atoms with Gasteiger partial charge in [-0.15, -0.1) is 0 Å². The summed E-state index contributed by atoms with van der Waals surface area (Å²) < 4.78 is 0. The number of hydrogen-bond acceptors (Lipinski definition) is 1. The zero-order chi connectivity index (χ0) is 16.7. The molecule has 0 aliphatic rings. The maximum Gasteiger partial charge on any atom is 0.131 e. The summed E-state index contributed by atoms with van der Waals surface area (Å²) in [6.45, 7) is 14.4. The molecule has 0 amide bonds. The third-order valence-electron chi connectivity index (χ3n) is 3.54. The van der Waals surface area contributed by atoms with E-state index in [1.165, 1.54) is 5.57 Å². The van der Waals surface area contributed by atoms with E-state index in [9.17, 15) is 0 Å². The van der Waals surface area contributed by atoms with E-state index in [1.807, 2.05) is 24.3 Å². The number of nitrogens with zero attached hydrogens (tertiary/aromatic N) is 1. The second-order valence-electron chi connectivity index (χ2n) is 6.06. The highest BCUT2D eigenvalue weighted by Gasteiger charge is 2.13. The fourth-order valence-corrected chi connectivity index (χ4v) is 2.32. The van der Waals surface area contributed by atoms with E-state index in [4.69, 9.17) is 10.7 Å². The molecule has 0 aliphatic heterocycles. The topological polar surface area (TPSA) is 38.4 Å². The fraction of sp³-hybridized carbons (Fsp3) is 0.350. The van der Waals surface area contributed by atoms with Gasteiger partial charge in [-0.3, -0.25) is 0 Å². The summed E-state index contributed by atoms with van der Waals surface area (Å²) in [7, 11) is 0. The van der Waals surface area contributed by atoms with Crippen molar-refractivity contribution in [2.45, 2.75) is 34.6 Å². The van der Waals surface area contributed by atoms with Gasteiger partial charge in [-0.05, 0) is 29.9 Å². The van der Waals surface area contributed by atoms with Crippen molar-refractivity contribution in [1.29, 1.82) is 0 Å². The number of aryl methyl sites for hydroxylation is 1. The fourth-order valence-electron chi connectivity index (χ4n) is 2.32. The highest BCUT2D eigenvalue weighted by Crippen LogP contribution is 2.24. The Morgan fingerprint density at radius 2 is 1.77 bits per heavy atom. The van der Waals surface area contributed by atoms with E-state index in [-0.39, 0.29) is 0 Å². The van der Waals surface area contributed by atoms with Crippen LogP contribution in [-0.2, 0) is 0 Å². The van der Waals surface area contributed by atoms with Crippen LogP contribution in [0.15, 0.2) is 65.3 Å². The van der Waals surface area contributed by atoms with Crippen LogP contribution < -0.4 is 5.73 Å². The Bertz CT molecular complexity index is 602. The first-order valence-corrected chi connectivity index (χ1v) is 7.81. The van der Waals surface area contributed by atoms with E-state index >= 15 is 0 Å². The maximum atomic E-state index is 6.27. The van der Waals surface area contributed by atoms with Crippen LogP contribution in [0.4, 0.5) is 0 Å². The zero-order valence-corrected chi connectivity index (χ0v) is 14.4. The summed E-state index contributed by atoms with van der Waals surface area (Å²) in [5, 5.41) is 0. The average Bonchev–Trinajstić information content (AvgIpc) is 2.46. The Labute approximate surface area is 135 Å². The predicted molar refractivity (Wildman–Crippen MR) is 97.9 cm³/mol. The molecule has 118 valence electrons. The number of hydrogen-bond donors (Lipinski definition) is 1. The summed E-state index contributed by atoms with van der Waals surface area (Å²) in [5.74, 6) is 1.25. The third-order valence-corrected chi connectivity index (χ3v) is 3.54. The third kappa shape index (κ3) is 4.73. The monoisotopic (exact) mass is 296 g/mol. The molecule has 0 unspecified atom stereocenters. The molecule has 0 aliphatic carbocycles. The predicted octanol–water partition coefficient (Wildman–Crippen LogP) is 5.01. The van der Waals surface area contributed by atoms with Crippen LogP contribution in [0.5, 0.6) is 0 Å². The molecule has 1 aromatic rings. The Kier molecular flexibility index (Phi) is 6.84. The SMILES string of the molecule is C=C/C=C\C(=C(N=C(N)c1ccccc1C)C(C)C)C(C)C. The van der Waals surface area contributed by atoms with Crippen LogP contribution in [0.25, 0.3) is 0 Å². The van der Waals surface area contributed by atoms with Crippen LogP contribution in [0.3, 0.4) is 0 Å². The van der Waals surface area contributed by atoms with E-state index in [0.717, 1.165) is 16.8 Å². The van der Waals surface area contributed by atoms with Gasteiger partial charge in [-0.25, -0.2) is 4.99 Å². The van der Waals surface area contributed by atoms with Crippen molar-refractivity contribution in [1.82, 2.24) is 0 Å². The molecule has 0 aromatic heterocycles. The Hall–Kier alpha value is -2.09. The Balaban J connectivity index is 3.42. The quantitative estimate of drug-likeness (QED) is 0.447. The summed E-state index contributed by atoms with van der Waals surface area (Å²) in [6.07, 6.45) is 5.83. The maximum absolute atomic E-state index is 6.27. The molecule has 0 fully saturated rings. The van der Waals surface area contributed by atoms with Crippen LogP contribution in [0.2, 0.25) is 0 Å². The van der Waals surface area contributed by atoms with Gasteiger partial charge in [0.15, 0.2) is 0 Å². The molecule has 0 radical (unpaired) electrons. The number of benzene rings is 1. The minimum Gasteiger partial charge on any atom is -0.383 e. The van der Waals surface area contributed by atoms with E-state index in [0.29, 0.717) is 17.7 Å². The Morgan fingerprint density at radius 3 is 2.27 bits per heavy atom. The molecule has 0 atom stereocenters. The van der Waals surface area contributed by atoms with Crippen molar-refractivity contribution in [3.05, 3.63) is 71.5 Å². The van der Waals surface area contributed by atoms with Crippen molar-refractivity contribution in [3.8, 4) is 0 Å². The van der Waals surface area contributed by atoms with Gasteiger partial charge < -0.3 is 5.73 Å². The second kappa shape index (κ2) is 8.38. The number of rotatable bonds is 6. The van der Waals surface area contributed by atoms with E-state index in [2.05, 4.69) is 53.3 Å². The molecule has 2 heteroatoms. The van der Waals surface area contributed by atoms with Gasteiger partial charge in [0.2, 0.25) is 0 Å². The second-order valence-corrected chi connectivity index (χ2v) is 6.06. The molecule has 1 rings (SSSR count). The molecule has 0 spiro atoms. The molecule has 2 nitrogen and oxygen atoms in total. The van der Waals surface area contributed by atoms with E-state index < -0.39 is 0 Å². The molecule has 1 aromatic carbocycles. The number of nitrogens with two attached hydrogens (primary N) is 1. The van der Waals surface area contributed by atoms with Gasteiger partial charge in [0.1, 0.15) is 5.84 Å². The molecule has 22 heavy (non-hydrogen) atoms. The molecule has 0 saturated heterocycles. The number of allylic oxidation sites excluding steroid dienone is 5. The summed E-state index contributed by atoms with van der Waals surface area (Å²) in [6, 6.07) is 8.07. The lowest BCUT2D eigenvalue weighted by atomic mass is 9.95. The van der Waals surface area contributed by atoms with Crippen molar-refractivity contribution < 1.29 is 0 Å². The molecule has 0 saturated carbocycles. The van der Waals surface area contributed by atoms with Gasteiger partial charge in [0, 0.05) is 11.3 Å². The first-order chi connectivity index (χ1) is 10.4. The molecule has 2 N–H and O–H groups in total. The van der Waals surface area contributed by atoms with Gasteiger partial charge in [-0.1, -0.05) is 76.8 Å². The lowest BCUT2D eigenvalue weighted by molar-refractivity contribution is 0.698. The van der Waals surface area contributed by atoms with Crippen molar-refractivity contribution in [3.63, 3.8) is 0 Å². The summed E-state index contributed by atoms with van der Waals surface area (Å²) in [4.78, 5) is 4.77. The molecular formula is C20H28N2. The number of aliphatic imine (C=N–C) groups is 1. The normalized spacial score (nSPS) is 13.9. The van der Waals surface area contributed by atoms with Crippen LogP contribution >= 0.6 is 0 Å². The minimum atomic E-state index is 0.300. The van der Waals surface area contributed by atoms with Crippen molar-refractivity contribution in [2.75, 3.05) is 0 Å². The Morgan fingerprint density at radius 1 is 1.14 bits per heavy atom. The largest absolute Gasteiger partial charge is 0.383 e. The van der Waals surface area contributed by atoms with Gasteiger partial charge in [0.05, 0.1) is 0 Å². The molecule has 0 bridgehead atoms. The average molecular weight is 296 g/mol. The first-order valence-electron chi connectivity index (χ1n) is 7.81. The lowest BCUT2D eigenvalue weighted by Gasteiger charge is -2.16. The zero-order valence-electron chi connectivity index (χ0n) is 14.4. The van der Waals surface area contributed by atoms with Gasteiger partial charge >= 0.3 is 0 Å². The molecule has 0 heterocycles.